The molecule has 2 N–H and O–H groups in total. The van der Waals surface area contributed by atoms with Crippen LogP contribution in [0.15, 0.2) is 23.3 Å². The van der Waals surface area contributed by atoms with Gasteiger partial charge in [0.2, 0.25) is 10.0 Å². The van der Waals surface area contributed by atoms with E-state index >= 15 is 0 Å². The topological polar surface area (TPSA) is 124 Å². The van der Waals surface area contributed by atoms with Gasteiger partial charge in [0.1, 0.15) is 0 Å². The number of anilines is 2. The van der Waals surface area contributed by atoms with Crippen LogP contribution in [0.5, 0.6) is 0 Å². The highest BCUT2D eigenvalue weighted by molar-refractivity contribution is 7.92. The summed E-state index contributed by atoms with van der Waals surface area (Å²) >= 11 is 10.8. The number of carbonyl (C=O) groups excluding carboxylic acids is 1. The second kappa shape index (κ2) is 6.67. The Hall–Kier alpha value is -1.67. The molecule has 0 unspecified atom stereocenters. The molecule has 20 heavy (non-hydrogen) atoms. The van der Waals surface area contributed by atoms with Gasteiger partial charge in [-0.2, -0.15) is 0 Å². The van der Waals surface area contributed by atoms with Crippen LogP contribution in [0.2, 0.25) is 0 Å². The Morgan fingerprint density at radius 1 is 1.45 bits per heavy atom. The first-order chi connectivity index (χ1) is 9.23. The van der Waals surface area contributed by atoms with Crippen molar-refractivity contribution in [2.75, 3.05) is 16.3 Å². The van der Waals surface area contributed by atoms with Gasteiger partial charge in [-0.3, -0.25) is 9.52 Å². The average Bonchev–Trinajstić information content (AvgIpc) is 2.31. The molecule has 0 heterocycles. The van der Waals surface area contributed by atoms with Gasteiger partial charge in [0.25, 0.3) is 5.91 Å². The van der Waals surface area contributed by atoms with Crippen molar-refractivity contribution in [1.82, 2.24) is 0 Å². The number of nitrogens with one attached hydrogen (secondary N) is 2. The molecule has 0 aliphatic rings. The molecule has 0 bridgehead atoms. The van der Waals surface area contributed by atoms with E-state index in [0.29, 0.717) is 0 Å². The maximum atomic E-state index is 11.3. The van der Waals surface area contributed by atoms with E-state index in [-0.39, 0.29) is 17.1 Å². The van der Waals surface area contributed by atoms with Gasteiger partial charge in [-0.05, 0) is 23.7 Å². The molecule has 0 aliphatic heterocycles. The number of alkyl halides is 2. The van der Waals surface area contributed by atoms with Crippen molar-refractivity contribution in [2.24, 2.45) is 5.11 Å². The summed E-state index contributed by atoms with van der Waals surface area (Å²) < 4.78 is 24.5. The van der Waals surface area contributed by atoms with E-state index in [2.05, 4.69) is 20.1 Å². The van der Waals surface area contributed by atoms with E-state index in [1.54, 1.807) is 0 Å². The maximum Gasteiger partial charge on any atom is 0.257 e. The van der Waals surface area contributed by atoms with E-state index in [4.69, 9.17) is 28.7 Å². The van der Waals surface area contributed by atoms with Gasteiger partial charge in [0.05, 0.1) is 17.6 Å². The molecule has 108 valence electrons. The molecular weight excluding hydrogens is 329 g/mol. The van der Waals surface area contributed by atoms with Crippen molar-refractivity contribution in [3.63, 3.8) is 0 Å². The number of hydrogen-bond acceptors (Lipinski definition) is 4. The number of hydrogen-bond donors (Lipinski definition) is 2. The van der Waals surface area contributed by atoms with Gasteiger partial charge in [0, 0.05) is 10.6 Å². The number of amides is 1. The predicted molar refractivity (Wildman–Crippen MR) is 77.8 cm³/mol. The molecular formula is C9H9Cl2N5O3S. The lowest BCUT2D eigenvalue weighted by Crippen LogP contribution is -2.18. The van der Waals surface area contributed by atoms with E-state index in [1.807, 2.05) is 0 Å². The molecule has 1 aromatic carbocycles. The van der Waals surface area contributed by atoms with Gasteiger partial charge >= 0.3 is 0 Å². The zero-order valence-electron chi connectivity index (χ0n) is 10.0. The molecule has 0 saturated carbocycles. The zero-order valence-corrected chi connectivity index (χ0v) is 12.4. The molecule has 8 nitrogen and oxygen atoms in total. The molecule has 11 heteroatoms. The fourth-order valence-corrected chi connectivity index (χ4v) is 1.90. The predicted octanol–water partition coefficient (Wildman–Crippen LogP) is 2.74. The Labute approximate surface area is 124 Å². The largest absolute Gasteiger partial charge is 0.324 e. The monoisotopic (exact) mass is 337 g/mol. The number of carbonyl (C=O) groups is 1. The average molecular weight is 338 g/mol. The third kappa shape index (κ3) is 5.14. The highest BCUT2D eigenvalue weighted by Crippen LogP contribution is 2.29. The number of halogens is 2. The summed E-state index contributed by atoms with van der Waals surface area (Å²) in [7, 11) is -3.53. The third-order valence-corrected chi connectivity index (χ3v) is 2.90. The van der Waals surface area contributed by atoms with Crippen molar-refractivity contribution < 1.29 is 13.2 Å². The Kier molecular flexibility index (Phi) is 5.46. The SMILES string of the molecule is CS(=O)(=O)Nc1ccc(NC(=O)C(Cl)Cl)cc1N=[N+]=[N-]. The number of sulfonamides is 1. The van der Waals surface area contributed by atoms with Crippen molar-refractivity contribution in [3.8, 4) is 0 Å². The van der Waals surface area contributed by atoms with E-state index in [1.165, 1.54) is 18.2 Å². The molecule has 0 spiro atoms. The minimum Gasteiger partial charge on any atom is -0.324 e. The van der Waals surface area contributed by atoms with Gasteiger partial charge in [0.15, 0.2) is 4.84 Å². The fraction of sp³-hybridized carbons (Fsp3) is 0.222. The summed E-state index contributed by atoms with van der Waals surface area (Å²) in [5.41, 5.74) is 8.78. The quantitative estimate of drug-likeness (QED) is 0.371. The van der Waals surface area contributed by atoms with E-state index < -0.39 is 20.8 Å². The number of nitrogens with zero attached hydrogens (tertiary/aromatic N) is 3. The lowest BCUT2D eigenvalue weighted by Gasteiger charge is -2.10. The van der Waals surface area contributed by atoms with Crippen LogP contribution in [-0.2, 0) is 14.8 Å². The van der Waals surface area contributed by atoms with Gasteiger partial charge in [-0.25, -0.2) is 8.42 Å². The highest BCUT2D eigenvalue weighted by atomic mass is 35.5. The van der Waals surface area contributed by atoms with Crippen molar-refractivity contribution in [1.29, 1.82) is 0 Å². The highest BCUT2D eigenvalue weighted by Gasteiger charge is 2.13. The summed E-state index contributed by atoms with van der Waals surface area (Å²) in [6.07, 6.45) is 0.953. The Bertz CT molecular complexity index is 670. The summed E-state index contributed by atoms with van der Waals surface area (Å²) in [5.74, 6) is -0.663. The maximum absolute atomic E-state index is 11.3. The van der Waals surface area contributed by atoms with Crippen LogP contribution in [0.25, 0.3) is 10.4 Å². The molecule has 0 fully saturated rings. The van der Waals surface area contributed by atoms with Crippen LogP contribution in [0, 0.1) is 0 Å². The molecule has 0 atom stereocenters. The molecule has 0 aromatic heterocycles. The second-order valence-corrected chi connectivity index (χ2v) is 6.43. The van der Waals surface area contributed by atoms with Crippen LogP contribution in [-0.4, -0.2) is 25.4 Å². The summed E-state index contributed by atoms with van der Waals surface area (Å²) in [6.45, 7) is 0. The standard InChI is InChI=1S/C9H9Cl2N5O3S/c1-20(18,19)15-6-3-2-5(4-7(6)14-16-12)13-9(17)8(10)11/h2-4,8,15H,1H3,(H,13,17). The molecule has 0 radical (unpaired) electrons. The van der Waals surface area contributed by atoms with Crippen LogP contribution >= 0.6 is 23.2 Å². The zero-order chi connectivity index (χ0) is 15.3. The lowest BCUT2D eigenvalue weighted by atomic mass is 10.2. The van der Waals surface area contributed by atoms with Crippen LogP contribution < -0.4 is 10.0 Å². The van der Waals surface area contributed by atoms with Crippen LogP contribution in [0.1, 0.15) is 0 Å². The first-order valence-corrected chi connectivity index (χ1v) is 7.75. The molecule has 0 aliphatic carbocycles. The van der Waals surface area contributed by atoms with Gasteiger partial charge in [-0.1, -0.05) is 28.3 Å². The van der Waals surface area contributed by atoms with Crippen molar-refractivity contribution >= 4 is 56.2 Å². The second-order valence-electron chi connectivity index (χ2n) is 3.59. The molecule has 1 rings (SSSR count). The van der Waals surface area contributed by atoms with Crippen molar-refractivity contribution in [2.45, 2.75) is 4.84 Å². The lowest BCUT2D eigenvalue weighted by molar-refractivity contribution is -0.114. The number of benzene rings is 1. The minimum absolute atomic E-state index is 0.00331. The van der Waals surface area contributed by atoms with E-state index in [0.717, 1.165) is 6.26 Å². The molecule has 1 aromatic rings. The van der Waals surface area contributed by atoms with Crippen molar-refractivity contribution in [3.05, 3.63) is 28.6 Å². The molecule has 0 saturated heterocycles. The van der Waals surface area contributed by atoms with E-state index in [9.17, 15) is 13.2 Å². The first-order valence-electron chi connectivity index (χ1n) is 4.99. The summed E-state index contributed by atoms with van der Waals surface area (Å²) in [4.78, 5) is 12.6. The van der Waals surface area contributed by atoms with Gasteiger partial charge in [-0.15, -0.1) is 0 Å². The Morgan fingerprint density at radius 2 is 2.10 bits per heavy atom. The number of rotatable bonds is 5. The minimum atomic E-state index is -3.53. The normalized spacial score (nSPS) is 10.8. The Morgan fingerprint density at radius 3 is 2.60 bits per heavy atom. The van der Waals surface area contributed by atoms with Crippen LogP contribution in [0.3, 0.4) is 0 Å². The van der Waals surface area contributed by atoms with Gasteiger partial charge < -0.3 is 5.32 Å². The third-order valence-electron chi connectivity index (χ3n) is 1.91. The molecule has 1 amide bonds. The Balaban J connectivity index is 3.13. The number of azide groups is 1. The summed E-state index contributed by atoms with van der Waals surface area (Å²) in [5, 5.41) is 5.71. The first kappa shape index (κ1) is 16.4. The fourth-order valence-electron chi connectivity index (χ4n) is 1.22. The van der Waals surface area contributed by atoms with Crippen LogP contribution in [0.4, 0.5) is 17.1 Å². The smallest absolute Gasteiger partial charge is 0.257 e. The summed E-state index contributed by atoms with van der Waals surface area (Å²) in [6, 6.07) is 4.01.